The van der Waals surface area contributed by atoms with E-state index < -0.39 is 0 Å². The van der Waals surface area contributed by atoms with Gasteiger partial charge in [-0.15, -0.1) is 0 Å². The van der Waals surface area contributed by atoms with Crippen LogP contribution in [0.4, 0.5) is 0 Å². The molecule has 0 saturated carbocycles. The van der Waals surface area contributed by atoms with Gasteiger partial charge < -0.3 is 14.2 Å². The highest BCUT2D eigenvalue weighted by atomic mass is 16.3. The largest absolute Gasteiger partial charge is 0.451 e. The summed E-state index contributed by atoms with van der Waals surface area (Å²) in [6.07, 6.45) is 4.55. The van der Waals surface area contributed by atoms with Crippen LogP contribution in [-0.4, -0.2) is 48.9 Å². The highest BCUT2D eigenvalue weighted by molar-refractivity contribution is 5.99. The van der Waals surface area contributed by atoms with Crippen LogP contribution in [-0.2, 0) is 6.42 Å². The van der Waals surface area contributed by atoms with Gasteiger partial charge in [0.1, 0.15) is 5.58 Å². The Morgan fingerprint density at radius 1 is 1.42 bits per heavy atom. The topological polar surface area (TPSA) is 36.7 Å². The van der Waals surface area contributed by atoms with E-state index in [2.05, 4.69) is 31.0 Å². The molecule has 1 saturated heterocycles. The zero-order valence-corrected chi connectivity index (χ0v) is 15.3. The highest BCUT2D eigenvalue weighted by Gasteiger charge is 2.27. The Hall–Kier alpha value is -1.81. The number of nitrogens with zero attached hydrogens (tertiary/aromatic N) is 2. The van der Waals surface area contributed by atoms with Crippen molar-refractivity contribution in [3.8, 4) is 0 Å². The minimum absolute atomic E-state index is 0.0129. The van der Waals surface area contributed by atoms with Gasteiger partial charge in [0.15, 0.2) is 5.76 Å². The first-order valence-corrected chi connectivity index (χ1v) is 8.99. The van der Waals surface area contributed by atoms with Crippen LogP contribution in [0.2, 0.25) is 0 Å². The van der Waals surface area contributed by atoms with Crippen LogP contribution in [0.15, 0.2) is 22.6 Å². The lowest BCUT2D eigenvalue weighted by atomic mass is 10.1. The summed E-state index contributed by atoms with van der Waals surface area (Å²) in [5.41, 5.74) is 3.07. The molecule has 1 aliphatic rings. The number of fused-ring (bicyclic) bond motifs is 1. The molecule has 1 atom stereocenters. The van der Waals surface area contributed by atoms with E-state index in [4.69, 9.17) is 4.42 Å². The predicted octanol–water partition coefficient (Wildman–Crippen LogP) is 3.86. The quantitative estimate of drug-likeness (QED) is 0.836. The van der Waals surface area contributed by atoms with Crippen molar-refractivity contribution < 1.29 is 9.21 Å². The van der Waals surface area contributed by atoms with E-state index in [9.17, 15) is 4.79 Å². The van der Waals surface area contributed by atoms with Crippen molar-refractivity contribution in [3.63, 3.8) is 0 Å². The molecule has 0 radical (unpaired) electrons. The normalized spacial score (nSPS) is 18.4. The van der Waals surface area contributed by atoms with Crippen molar-refractivity contribution in [1.29, 1.82) is 0 Å². The molecule has 2 aromatic rings. The summed E-state index contributed by atoms with van der Waals surface area (Å²) in [6, 6.07) is 6.72. The predicted molar refractivity (Wildman–Crippen MR) is 97.6 cm³/mol. The summed E-state index contributed by atoms with van der Waals surface area (Å²) >= 11 is 0. The summed E-state index contributed by atoms with van der Waals surface area (Å²) < 4.78 is 5.90. The molecule has 1 amide bonds. The lowest BCUT2D eigenvalue weighted by Crippen LogP contribution is -2.39. The zero-order chi connectivity index (χ0) is 17.3. The molecule has 1 aromatic carbocycles. The number of carbonyl (C=O) groups excluding carboxylic acids is 1. The van der Waals surface area contributed by atoms with Crippen LogP contribution in [0, 0.1) is 6.92 Å². The number of likely N-dealkylation sites (N-methyl/N-ethyl adjacent to an activating group) is 2. The molecule has 2 heterocycles. The maximum atomic E-state index is 12.9. The molecule has 4 nitrogen and oxygen atoms in total. The monoisotopic (exact) mass is 328 g/mol. The molecular weight excluding hydrogens is 300 g/mol. The Morgan fingerprint density at radius 3 is 2.88 bits per heavy atom. The first-order chi connectivity index (χ1) is 11.5. The summed E-state index contributed by atoms with van der Waals surface area (Å²) in [6.45, 7) is 6.05. The first-order valence-electron chi connectivity index (χ1n) is 8.99. The summed E-state index contributed by atoms with van der Waals surface area (Å²) in [5.74, 6) is 0.475. The number of amides is 1. The van der Waals surface area contributed by atoms with Gasteiger partial charge in [-0.3, -0.25) is 4.79 Å². The number of aryl methyl sites for hydroxylation is 2. The number of likely N-dealkylation sites (tertiary alicyclic amines) is 1. The molecule has 0 spiro atoms. The van der Waals surface area contributed by atoms with Gasteiger partial charge in [0.05, 0.1) is 0 Å². The Morgan fingerprint density at radius 2 is 2.21 bits per heavy atom. The zero-order valence-electron chi connectivity index (χ0n) is 15.3. The van der Waals surface area contributed by atoms with E-state index in [1.807, 2.05) is 24.9 Å². The maximum absolute atomic E-state index is 12.9. The Kier molecular flexibility index (Phi) is 4.95. The third-order valence-electron chi connectivity index (χ3n) is 5.24. The van der Waals surface area contributed by atoms with Crippen molar-refractivity contribution in [2.45, 2.75) is 45.6 Å². The summed E-state index contributed by atoms with van der Waals surface area (Å²) in [5, 5.41) is 1.07. The van der Waals surface area contributed by atoms with Crippen LogP contribution in [0.1, 0.15) is 47.9 Å². The lowest BCUT2D eigenvalue weighted by molar-refractivity contribution is 0.0731. The van der Waals surface area contributed by atoms with E-state index >= 15 is 0 Å². The maximum Gasteiger partial charge on any atom is 0.289 e. The fourth-order valence-electron chi connectivity index (χ4n) is 3.70. The van der Waals surface area contributed by atoms with E-state index in [-0.39, 0.29) is 5.91 Å². The third kappa shape index (κ3) is 3.20. The van der Waals surface area contributed by atoms with Gasteiger partial charge in [0.2, 0.25) is 0 Å². The average Bonchev–Trinajstić information content (AvgIpc) is 3.11. The van der Waals surface area contributed by atoms with Crippen LogP contribution in [0.25, 0.3) is 11.0 Å². The molecule has 1 aliphatic heterocycles. The fraction of sp³-hybridized carbons (Fsp3) is 0.550. The van der Waals surface area contributed by atoms with Crippen molar-refractivity contribution >= 4 is 16.9 Å². The van der Waals surface area contributed by atoms with Gasteiger partial charge in [-0.1, -0.05) is 19.4 Å². The number of rotatable bonds is 5. The van der Waals surface area contributed by atoms with E-state index in [1.165, 1.54) is 12.0 Å². The second-order valence-corrected chi connectivity index (χ2v) is 7.10. The lowest BCUT2D eigenvalue weighted by Gasteiger charge is -2.25. The number of hydrogen-bond acceptors (Lipinski definition) is 3. The second-order valence-electron chi connectivity index (χ2n) is 7.10. The summed E-state index contributed by atoms with van der Waals surface area (Å²) in [7, 11) is 4.02. The molecule has 0 aliphatic carbocycles. The molecule has 4 heteroatoms. The van der Waals surface area contributed by atoms with Gasteiger partial charge in [-0.2, -0.15) is 0 Å². The van der Waals surface area contributed by atoms with E-state index in [0.29, 0.717) is 11.8 Å². The van der Waals surface area contributed by atoms with Gasteiger partial charge in [-0.05, 0) is 57.5 Å². The highest BCUT2D eigenvalue weighted by Crippen LogP contribution is 2.28. The van der Waals surface area contributed by atoms with Gasteiger partial charge in [-0.25, -0.2) is 0 Å². The molecule has 1 aromatic heterocycles. The Balaban J connectivity index is 1.82. The standard InChI is InChI=1S/C20H28N2O2/c1-5-7-15-9-10-18-17(12-15)14(2)19(24-18)20(23)22(4)13-16-8-6-11-21(16)3/h9-10,12,16H,5-8,11,13H2,1-4H3/t16-/m0/s1. The fourth-order valence-corrected chi connectivity index (χ4v) is 3.70. The first kappa shape index (κ1) is 17.0. The van der Waals surface area contributed by atoms with Crippen molar-refractivity contribution in [2.75, 3.05) is 27.2 Å². The Bertz CT molecular complexity index is 735. The summed E-state index contributed by atoms with van der Waals surface area (Å²) in [4.78, 5) is 17.0. The van der Waals surface area contributed by atoms with Crippen molar-refractivity contribution in [3.05, 3.63) is 35.1 Å². The molecule has 0 bridgehead atoms. The third-order valence-corrected chi connectivity index (χ3v) is 5.24. The number of carbonyl (C=O) groups is 1. The molecule has 24 heavy (non-hydrogen) atoms. The van der Waals surface area contributed by atoms with Crippen LogP contribution in [0.5, 0.6) is 0 Å². The van der Waals surface area contributed by atoms with Gasteiger partial charge >= 0.3 is 0 Å². The number of benzene rings is 1. The minimum atomic E-state index is -0.0129. The van der Waals surface area contributed by atoms with Crippen LogP contribution in [0.3, 0.4) is 0 Å². The smallest absolute Gasteiger partial charge is 0.289 e. The second kappa shape index (κ2) is 6.98. The SMILES string of the molecule is CCCc1ccc2oc(C(=O)N(C)C[C@@H]3CCCN3C)c(C)c2c1. The number of hydrogen-bond donors (Lipinski definition) is 0. The van der Waals surface area contributed by atoms with E-state index in [0.717, 1.165) is 48.9 Å². The molecule has 0 N–H and O–H groups in total. The molecule has 130 valence electrons. The molecule has 0 unspecified atom stereocenters. The average molecular weight is 328 g/mol. The van der Waals surface area contributed by atoms with Gasteiger partial charge in [0, 0.05) is 30.6 Å². The van der Waals surface area contributed by atoms with Crippen LogP contribution >= 0.6 is 0 Å². The van der Waals surface area contributed by atoms with E-state index in [1.54, 1.807) is 0 Å². The molecule has 3 rings (SSSR count). The Labute approximate surface area is 144 Å². The molecule has 1 fully saturated rings. The van der Waals surface area contributed by atoms with Crippen molar-refractivity contribution in [1.82, 2.24) is 9.80 Å². The number of furan rings is 1. The van der Waals surface area contributed by atoms with Crippen molar-refractivity contribution in [2.24, 2.45) is 0 Å². The van der Waals surface area contributed by atoms with Crippen LogP contribution < -0.4 is 0 Å². The minimum Gasteiger partial charge on any atom is -0.451 e. The van der Waals surface area contributed by atoms with Gasteiger partial charge in [0.25, 0.3) is 5.91 Å². The molecular formula is C20H28N2O2.